The lowest BCUT2D eigenvalue weighted by molar-refractivity contribution is 0.0325. The van der Waals surface area contributed by atoms with Gasteiger partial charge in [-0.25, -0.2) is 4.79 Å². The minimum atomic E-state index is -0.262. The van der Waals surface area contributed by atoms with Gasteiger partial charge in [-0.1, -0.05) is 34.1 Å². The Hall–Kier alpha value is -1.29. The van der Waals surface area contributed by atoms with Crippen LogP contribution in [0.25, 0.3) is 10.9 Å². The van der Waals surface area contributed by atoms with Crippen molar-refractivity contribution in [3.8, 4) is 0 Å². The smallest absolute Gasteiger partial charge is 0.355 e. The largest absolute Gasteiger partial charge is 0.457 e. The summed E-state index contributed by atoms with van der Waals surface area (Å²) < 4.78 is 5.52. The summed E-state index contributed by atoms with van der Waals surface area (Å²) in [6, 6.07) is 9.67. The molecule has 0 aliphatic heterocycles. The van der Waals surface area contributed by atoms with Crippen LogP contribution in [0.1, 0.15) is 29.8 Å². The topological polar surface area (TPSA) is 42.1 Å². The van der Waals surface area contributed by atoms with Crippen LogP contribution in [0.5, 0.6) is 0 Å². The molecule has 2 unspecified atom stereocenters. The number of carbonyl (C=O) groups is 1. The van der Waals surface area contributed by atoms with E-state index in [0.717, 1.165) is 30.2 Å². The van der Waals surface area contributed by atoms with E-state index in [-0.39, 0.29) is 12.1 Å². The van der Waals surface area contributed by atoms with Crippen molar-refractivity contribution in [1.29, 1.82) is 0 Å². The van der Waals surface area contributed by atoms with Crippen LogP contribution in [0, 0.1) is 0 Å². The van der Waals surface area contributed by atoms with Crippen molar-refractivity contribution in [2.24, 2.45) is 0 Å². The molecule has 1 saturated carbocycles. The number of carbonyl (C=O) groups excluding carboxylic acids is 1. The van der Waals surface area contributed by atoms with Crippen molar-refractivity contribution >= 4 is 32.8 Å². The van der Waals surface area contributed by atoms with E-state index in [1.807, 2.05) is 30.3 Å². The number of benzene rings is 1. The van der Waals surface area contributed by atoms with Crippen LogP contribution in [0.2, 0.25) is 0 Å². The summed E-state index contributed by atoms with van der Waals surface area (Å²) in [5, 5.41) is 1.03. The van der Waals surface area contributed by atoms with Gasteiger partial charge in [0.1, 0.15) is 11.8 Å². The highest BCUT2D eigenvalue weighted by molar-refractivity contribution is 9.09. The summed E-state index contributed by atoms with van der Waals surface area (Å²) in [7, 11) is 0. The molecule has 1 aromatic carbocycles. The van der Waals surface area contributed by atoms with Crippen LogP contribution in [-0.4, -0.2) is 21.9 Å². The van der Waals surface area contributed by atoms with Gasteiger partial charge in [0.2, 0.25) is 0 Å². The number of hydrogen-bond acceptors (Lipinski definition) is 2. The molecule has 1 heterocycles. The van der Waals surface area contributed by atoms with Gasteiger partial charge in [-0.2, -0.15) is 0 Å². The SMILES string of the molecule is O=C(OC1CCCC1Br)c1cc2ccccc2[nH]1. The van der Waals surface area contributed by atoms with Gasteiger partial charge in [-0.15, -0.1) is 0 Å². The maximum absolute atomic E-state index is 12.0. The third-order valence-corrected chi connectivity index (χ3v) is 4.43. The highest BCUT2D eigenvalue weighted by atomic mass is 79.9. The van der Waals surface area contributed by atoms with E-state index < -0.39 is 0 Å². The lowest BCUT2D eigenvalue weighted by atomic mass is 10.2. The molecular formula is C14H14BrNO2. The number of H-pyrrole nitrogens is 1. The number of fused-ring (bicyclic) bond motifs is 1. The summed E-state index contributed by atoms with van der Waals surface area (Å²) in [5.41, 5.74) is 1.49. The first-order valence-electron chi connectivity index (χ1n) is 6.17. The number of para-hydroxylation sites is 1. The fraction of sp³-hybridized carbons (Fsp3) is 0.357. The van der Waals surface area contributed by atoms with E-state index in [0.29, 0.717) is 10.5 Å². The second-order valence-corrected chi connectivity index (χ2v) is 5.84. The molecule has 1 aromatic heterocycles. The third kappa shape index (κ3) is 2.17. The van der Waals surface area contributed by atoms with Crippen LogP contribution < -0.4 is 0 Å². The first kappa shape index (κ1) is 11.8. The molecular weight excluding hydrogens is 294 g/mol. The van der Waals surface area contributed by atoms with E-state index in [9.17, 15) is 4.79 Å². The summed E-state index contributed by atoms with van der Waals surface area (Å²) in [4.78, 5) is 15.4. The van der Waals surface area contributed by atoms with E-state index in [1.54, 1.807) is 0 Å². The maximum Gasteiger partial charge on any atom is 0.355 e. The zero-order valence-electron chi connectivity index (χ0n) is 9.86. The quantitative estimate of drug-likeness (QED) is 0.680. The molecule has 1 N–H and O–H groups in total. The Balaban J connectivity index is 1.79. The highest BCUT2D eigenvalue weighted by Crippen LogP contribution is 2.29. The van der Waals surface area contributed by atoms with E-state index in [1.165, 1.54) is 0 Å². The number of aromatic nitrogens is 1. The van der Waals surface area contributed by atoms with Crippen LogP contribution in [0.4, 0.5) is 0 Å². The molecule has 4 heteroatoms. The Bertz CT molecular complexity index is 545. The molecule has 0 spiro atoms. The Labute approximate surface area is 114 Å². The van der Waals surface area contributed by atoms with Crippen molar-refractivity contribution in [3.63, 3.8) is 0 Å². The number of aromatic amines is 1. The van der Waals surface area contributed by atoms with Gasteiger partial charge in [-0.3, -0.25) is 0 Å². The molecule has 0 amide bonds. The zero-order valence-corrected chi connectivity index (χ0v) is 11.4. The minimum Gasteiger partial charge on any atom is -0.457 e. The monoisotopic (exact) mass is 307 g/mol. The predicted octanol–water partition coefficient (Wildman–Crippen LogP) is 3.64. The first-order valence-corrected chi connectivity index (χ1v) is 7.08. The van der Waals surface area contributed by atoms with Crippen molar-refractivity contribution < 1.29 is 9.53 Å². The van der Waals surface area contributed by atoms with Gasteiger partial charge in [0.25, 0.3) is 0 Å². The molecule has 1 aliphatic rings. The van der Waals surface area contributed by atoms with Crippen molar-refractivity contribution in [3.05, 3.63) is 36.0 Å². The number of ether oxygens (including phenoxy) is 1. The first-order chi connectivity index (χ1) is 8.74. The summed E-state index contributed by atoms with van der Waals surface area (Å²) in [5.74, 6) is -0.262. The Kier molecular flexibility index (Phi) is 3.12. The fourth-order valence-electron chi connectivity index (χ4n) is 2.40. The summed E-state index contributed by atoms with van der Waals surface area (Å²) in [6.45, 7) is 0. The maximum atomic E-state index is 12.0. The molecule has 1 fully saturated rings. The highest BCUT2D eigenvalue weighted by Gasteiger charge is 2.29. The van der Waals surface area contributed by atoms with E-state index in [4.69, 9.17) is 4.74 Å². The number of alkyl halides is 1. The van der Waals surface area contributed by atoms with Crippen LogP contribution in [-0.2, 0) is 4.74 Å². The van der Waals surface area contributed by atoms with Crippen LogP contribution in [0.15, 0.2) is 30.3 Å². The van der Waals surface area contributed by atoms with Gasteiger partial charge < -0.3 is 9.72 Å². The molecule has 0 bridgehead atoms. The lowest BCUT2D eigenvalue weighted by Gasteiger charge is -2.14. The molecule has 2 atom stereocenters. The summed E-state index contributed by atoms with van der Waals surface area (Å²) in [6.07, 6.45) is 3.14. The molecule has 0 radical (unpaired) electrons. The molecule has 0 saturated heterocycles. The second-order valence-electron chi connectivity index (χ2n) is 4.66. The van der Waals surface area contributed by atoms with Crippen molar-refractivity contribution in [2.45, 2.75) is 30.2 Å². The average Bonchev–Trinajstić information content (AvgIpc) is 2.96. The number of nitrogens with one attached hydrogen (secondary N) is 1. The molecule has 18 heavy (non-hydrogen) atoms. The molecule has 3 rings (SSSR count). The van der Waals surface area contributed by atoms with E-state index >= 15 is 0 Å². The Morgan fingerprint density at radius 3 is 2.89 bits per heavy atom. The molecule has 3 nitrogen and oxygen atoms in total. The standard InChI is InChI=1S/C14H14BrNO2/c15-10-5-3-7-13(10)18-14(17)12-8-9-4-1-2-6-11(9)16-12/h1-2,4,6,8,10,13,16H,3,5,7H2. The van der Waals surface area contributed by atoms with Gasteiger partial charge >= 0.3 is 5.97 Å². The molecule has 1 aliphatic carbocycles. The molecule has 94 valence electrons. The Morgan fingerprint density at radius 2 is 2.17 bits per heavy atom. The van der Waals surface area contributed by atoms with Crippen molar-refractivity contribution in [1.82, 2.24) is 4.98 Å². The van der Waals surface area contributed by atoms with Gasteiger partial charge in [0.05, 0.1) is 4.83 Å². The number of rotatable bonds is 2. The fourth-order valence-corrected chi connectivity index (χ4v) is 3.09. The summed E-state index contributed by atoms with van der Waals surface area (Å²) >= 11 is 3.55. The number of halogens is 1. The minimum absolute atomic E-state index is 0.00362. The second kappa shape index (κ2) is 4.76. The Morgan fingerprint density at radius 1 is 1.33 bits per heavy atom. The normalized spacial score (nSPS) is 23.4. The molecule has 2 aromatic rings. The van der Waals surface area contributed by atoms with Gasteiger partial charge in [0.15, 0.2) is 0 Å². The van der Waals surface area contributed by atoms with Gasteiger partial charge in [-0.05, 0) is 31.4 Å². The van der Waals surface area contributed by atoms with Gasteiger partial charge in [0, 0.05) is 10.9 Å². The predicted molar refractivity (Wildman–Crippen MR) is 74.1 cm³/mol. The van der Waals surface area contributed by atoms with Crippen molar-refractivity contribution in [2.75, 3.05) is 0 Å². The third-order valence-electron chi connectivity index (χ3n) is 3.38. The van der Waals surface area contributed by atoms with Crippen LogP contribution in [0.3, 0.4) is 0 Å². The zero-order chi connectivity index (χ0) is 12.5. The lowest BCUT2D eigenvalue weighted by Crippen LogP contribution is -2.22. The number of hydrogen-bond donors (Lipinski definition) is 1. The number of esters is 1. The van der Waals surface area contributed by atoms with E-state index in [2.05, 4.69) is 20.9 Å². The average molecular weight is 308 g/mol. The van der Waals surface area contributed by atoms with Crippen LogP contribution >= 0.6 is 15.9 Å².